The lowest BCUT2D eigenvalue weighted by atomic mass is 10.0. The van der Waals surface area contributed by atoms with Crippen molar-refractivity contribution < 1.29 is 28.0 Å². The Hall–Kier alpha value is -4.48. The molecule has 5 amide bonds. The first-order chi connectivity index (χ1) is 17.6. The van der Waals surface area contributed by atoms with E-state index in [1.165, 1.54) is 11.8 Å². The summed E-state index contributed by atoms with van der Waals surface area (Å²) in [5.41, 5.74) is 7.00. The molecule has 0 radical (unpaired) electrons. The van der Waals surface area contributed by atoms with E-state index < -0.39 is 53.5 Å². The van der Waals surface area contributed by atoms with Gasteiger partial charge < -0.3 is 31.6 Å². The smallest absolute Gasteiger partial charge is 0.319 e. The second kappa shape index (κ2) is 10.6. The van der Waals surface area contributed by atoms with Gasteiger partial charge in [-0.05, 0) is 30.2 Å². The summed E-state index contributed by atoms with van der Waals surface area (Å²) in [6.07, 6.45) is 1.95. The number of likely N-dealkylation sites (tertiary alicyclic amines) is 1. The van der Waals surface area contributed by atoms with Crippen LogP contribution < -0.4 is 21.7 Å². The van der Waals surface area contributed by atoms with E-state index in [0.717, 1.165) is 28.6 Å². The SMILES string of the molecule is CC(=O)N1CC(NC(=O)Nc2ccc(F)cc2F)CC1C(=O)NC(Cc1c[nH]c2ccccc12)C(N)=O. The zero-order valence-electron chi connectivity index (χ0n) is 19.9. The van der Waals surface area contributed by atoms with Crippen molar-refractivity contribution in [2.24, 2.45) is 5.73 Å². The zero-order chi connectivity index (χ0) is 26.7. The van der Waals surface area contributed by atoms with Crippen LogP contribution in [0.4, 0.5) is 19.3 Å². The summed E-state index contributed by atoms with van der Waals surface area (Å²) in [7, 11) is 0. The van der Waals surface area contributed by atoms with Crippen molar-refractivity contribution in [2.45, 2.75) is 37.9 Å². The Balaban J connectivity index is 1.41. The van der Waals surface area contributed by atoms with Crippen LogP contribution in [0.1, 0.15) is 18.9 Å². The van der Waals surface area contributed by atoms with E-state index >= 15 is 0 Å². The van der Waals surface area contributed by atoms with E-state index in [9.17, 15) is 28.0 Å². The van der Waals surface area contributed by atoms with Gasteiger partial charge in [0.2, 0.25) is 17.7 Å². The number of nitrogens with two attached hydrogens (primary N) is 1. The van der Waals surface area contributed by atoms with Gasteiger partial charge in [-0.25, -0.2) is 13.6 Å². The predicted octanol–water partition coefficient (Wildman–Crippen LogP) is 1.77. The van der Waals surface area contributed by atoms with Crippen LogP contribution in [0, 0.1) is 11.6 Å². The van der Waals surface area contributed by atoms with Gasteiger partial charge in [-0.1, -0.05) is 18.2 Å². The molecule has 3 atom stereocenters. The molecular weight excluding hydrogens is 486 g/mol. The number of fused-ring (bicyclic) bond motifs is 1. The van der Waals surface area contributed by atoms with E-state index in [-0.39, 0.29) is 25.1 Å². The maximum atomic E-state index is 13.8. The van der Waals surface area contributed by atoms with Crippen LogP contribution in [0.3, 0.4) is 0 Å². The van der Waals surface area contributed by atoms with Gasteiger partial charge in [-0.3, -0.25) is 14.4 Å². The Labute approximate surface area is 210 Å². The third kappa shape index (κ3) is 5.85. The Bertz CT molecular complexity index is 1360. The molecule has 37 heavy (non-hydrogen) atoms. The van der Waals surface area contributed by atoms with Gasteiger partial charge in [-0.15, -0.1) is 0 Å². The van der Waals surface area contributed by atoms with Crippen LogP contribution in [0.5, 0.6) is 0 Å². The largest absolute Gasteiger partial charge is 0.368 e. The molecule has 1 aliphatic rings. The number of primary amides is 1. The monoisotopic (exact) mass is 512 g/mol. The van der Waals surface area contributed by atoms with E-state index in [0.29, 0.717) is 6.07 Å². The number of H-pyrrole nitrogens is 1. The second-order valence-electron chi connectivity index (χ2n) is 8.87. The molecule has 0 saturated carbocycles. The van der Waals surface area contributed by atoms with Crippen molar-refractivity contribution in [1.82, 2.24) is 20.5 Å². The van der Waals surface area contributed by atoms with Crippen molar-refractivity contribution in [2.75, 3.05) is 11.9 Å². The third-order valence-electron chi connectivity index (χ3n) is 6.28. The Morgan fingerprint density at radius 1 is 1.16 bits per heavy atom. The van der Waals surface area contributed by atoms with Crippen molar-refractivity contribution in [3.63, 3.8) is 0 Å². The number of halogens is 2. The number of para-hydroxylation sites is 1. The van der Waals surface area contributed by atoms with Crippen LogP contribution >= 0.6 is 0 Å². The number of carbonyl (C=O) groups excluding carboxylic acids is 4. The minimum absolute atomic E-state index is 0.0242. The number of urea groups is 1. The minimum Gasteiger partial charge on any atom is -0.368 e. The molecular formula is C25H26F2N6O4. The number of amides is 5. The Morgan fingerprint density at radius 3 is 2.62 bits per heavy atom. The second-order valence-corrected chi connectivity index (χ2v) is 8.87. The van der Waals surface area contributed by atoms with Gasteiger partial charge in [0.25, 0.3) is 0 Å². The molecule has 10 nitrogen and oxygen atoms in total. The average Bonchev–Trinajstić information content (AvgIpc) is 3.45. The maximum Gasteiger partial charge on any atom is 0.319 e. The highest BCUT2D eigenvalue weighted by atomic mass is 19.1. The van der Waals surface area contributed by atoms with Crippen molar-refractivity contribution in [3.8, 4) is 0 Å². The molecule has 6 N–H and O–H groups in total. The topological polar surface area (TPSA) is 149 Å². The van der Waals surface area contributed by atoms with Gasteiger partial charge in [0, 0.05) is 43.1 Å². The van der Waals surface area contributed by atoms with Gasteiger partial charge in [-0.2, -0.15) is 0 Å². The summed E-state index contributed by atoms with van der Waals surface area (Å²) >= 11 is 0. The van der Waals surface area contributed by atoms with E-state index in [1.54, 1.807) is 6.20 Å². The van der Waals surface area contributed by atoms with E-state index in [1.807, 2.05) is 24.3 Å². The van der Waals surface area contributed by atoms with Crippen LogP contribution in [0.25, 0.3) is 10.9 Å². The average molecular weight is 513 g/mol. The van der Waals surface area contributed by atoms with E-state index in [2.05, 4.69) is 20.9 Å². The molecule has 1 fully saturated rings. The lowest BCUT2D eigenvalue weighted by molar-refractivity contribution is -0.137. The highest BCUT2D eigenvalue weighted by Crippen LogP contribution is 2.22. The molecule has 0 aliphatic carbocycles. The molecule has 2 aromatic carbocycles. The highest BCUT2D eigenvalue weighted by molar-refractivity contribution is 5.93. The Morgan fingerprint density at radius 2 is 1.92 bits per heavy atom. The fraction of sp³-hybridized carbons (Fsp3) is 0.280. The number of benzene rings is 2. The first-order valence-electron chi connectivity index (χ1n) is 11.6. The summed E-state index contributed by atoms with van der Waals surface area (Å²) in [4.78, 5) is 54.3. The number of aromatic amines is 1. The fourth-order valence-corrected chi connectivity index (χ4v) is 4.48. The number of nitrogens with one attached hydrogen (secondary N) is 4. The highest BCUT2D eigenvalue weighted by Gasteiger charge is 2.40. The van der Waals surface area contributed by atoms with Crippen LogP contribution in [-0.4, -0.2) is 58.3 Å². The molecule has 2 heterocycles. The summed E-state index contributed by atoms with van der Waals surface area (Å²) in [6.45, 7) is 1.31. The molecule has 194 valence electrons. The first-order valence-corrected chi connectivity index (χ1v) is 11.6. The fourth-order valence-electron chi connectivity index (χ4n) is 4.48. The number of anilines is 1. The molecule has 12 heteroatoms. The molecule has 1 aromatic heterocycles. The zero-order valence-corrected chi connectivity index (χ0v) is 19.9. The summed E-state index contributed by atoms with van der Waals surface area (Å²) in [5.74, 6) is -3.46. The van der Waals surface area contributed by atoms with Crippen LogP contribution in [0.2, 0.25) is 0 Å². The predicted molar refractivity (Wildman–Crippen MR) is 131 cm³/mol. The molecule has 3 unspecified atom stereocenters. The molecule has 0 spiro atoms. The van der Waals surface area contributed by atoms with Crippen molar-refractivity contribution >= 4 is 40.3 Å². The molecule has 3 aromatic rings. The molecule has 1 aliphatic heterocycles. The summed E-state index contributed by atoms with van der Waals surface area (Å²) in [6, 6.07) is 6.79. The van der Waals surface area contributed by atoms with Crippen LogP contribution in [-0.2, 0) is 20.8 Å². The van der Waals surface area contributed by atoms with Gasteiger partial charge >= 0.3 is 6.03 Å². The maximum absolute atomic E-state index is 13.8. The van der Waals surface area contributed by atoms with E-state index in [4.69, 9.17) is 5.73 Å². The van der Waals surface area contributed by atoms with Gasteiger partial charge in [0.15, 0.2) is 0 Å². The van der Waals surface area contributed by atoms with Gasteiger partial charge in [0.1, 0.15) is 23.7 Å². The lowest BCUT2D eigenvalue weighted by Gasteiger charge is -2.24. The number of aromatic nitrogens is 1. The van der Waals surface area contributed by atoms with Gasteiger partial charge in [0.05, 0.1) is 11.7 Å². The van der Waals surface area contributed by atoms with Crippen molar-refractivity contribution in [3.05, 3.63) is 65.9 Å². The van der Waals surface area contributed by atoms with Crippen LogP contribution in [0.15, 0.2) is 48.7 Å². The van der Waals surface area contributed by atoms with Crippen molar-refractivity contribution in [1.29, 1.82) is 0 Å². The minimum atomic E-state index is -1.03. The quantitative estimate of drug-likeness (QED) is 0.328. The Kier molecular flexibility index (Phi) is 7.37. The number of carbonyl (C=O) groups is 4. The molecule has 4 rings (SSSR count). The standard InChI is InChI=1S/C25H26F2N6O4/c1-13(34)33-12-16(30-25(37)32-20-7-6-15(26)9-18(20)27)10-22(33)24(36)31-21(23(28)35)8-14-11-29-19-5-3-2-4-17(14)19/h2-7,9,11,16,21-22,29H,8,10,12H2,1H3,(H2,28,35)(H,31,36)(H2,30,32,37). The molecule has 0 bridgehead atoms. The number of nitrogens with zero attached hydrogens (tertiary/aromatic N) is 1. The number of rotatable bonds is 7. The normalized spacial score (nSPS) is 17.9. The number of hydrogen-bond acceptors (Lipinski definition) is 4. The number of hydrogen-bond donors (Lipinski definition) is 5. The lowest BCUT2D eigenvalue weighted by Crippen LogP contribution is -2.52. The third-order valence-corrected chi connectivity index (χ3v) is 6.28. The molecule has 1 saturated heterocycles. The summed E-state index contributed by atoms with van der Waals surface area (Å²) in [5, 5.41) is 8.40. The summed E-state index contributed by atoms with van der Waals surface area (Å²) < 4.78 is 26.9. The first kappa shape index (κ1) is 25.6.